The Kier molecular flexibility index (Phi) is 3.68. The summed E-state index contributed by atoms with van der Waals surface area (Å²) in [6.07, 6.45) is 4.35. The highest BCUT2D eigenvalue weighted by Crippen LogP contribution is 2.30. The second-order valence-corrected chi connectivity index (χ2v) is 5.01. The lowest BCUT2D eigenvalue weighted by atomic mass is 9.86. The Bertz CT molecular complexity index is 441. The summed E-state index contributed by atoms with van der Waals surface area (Å²) >= 11 is 0. The smallest absolute Gasteiger partial charge is 0.126 e. The van der Waals surface area contributed by atoms with Crippen molar-refractivity contribution < 1.29 is 4.74 Å². The van der Waals surface area contributed by atoms with E-state index >= 15 is 0 Å². The molecule has 1 aromatic carbocycles. The van der Waals surface area contributed by atoms with E-state index in [-0.39, 0.29) is 0 Å². The second kappa shape index (κ2) is 5.23. The number of ether oxygens (including phenoxy) is 1. The number of hydrogen-bond donors (Lipinski definition) is 0. The predicted octanol–water partition coefficient (Wildman–Crippen LogP) is 3.55. The molecule has 1 aliphatic carbocycles. The lowest BCUT2D eigenvalue weighted by Gasteiger charge is -2.26. The number of aryl methyl sites for hydroxylation is 2. The predicted molar refractivity (Wildman–Crippen MR) is 68.1 cm³/mol. The van der Waals surface area contributed by atoms with Crippen LogP contribution in [0.15, 0.2) is 12.1 Å². The van der Waals surface area contributed by atoms with Gasteiger partial charge in [0.2, 0.25) is 0 Å². The minimum absolute atomic E-state index is 0.433. The maximum Gasteiger partial charge on any atom is 0.126 e. The molecular weight excluding hydrogens is 210 g/mol. The maximum atomic E-state index is 8.86. The molecule has 0 unspecified atom stereocenters. The molecule has 2 rings (SSSR count). The molecule has 1 aromatic rings. The normalized spacial score (nSPS) is 15.1. The molecule has 0 atom stereocenters. The molecule has 0 amide bonds. The third-order valence-corrected chi connectivity index (χ3v) is 3.45. The molecule has 0 aromatic heterocycles. The van der Waals surface area contributed by atoms with Gasteiger partial charge in [-0.15, -0.1) is 0 Å². The number of nitrogens with zero attached hydrogens (tertiary/aromatic N) is 1. The standard InChI is InChI=1S/C15H19NO/c1-11-8-12(2)15(14(9-11)6-7-16)17-10-13-4-3-5-13/h8-9,13H,3-6,10H2,1-2H3. The first-order valence-electron chi connectivity index (χ1n) is 6.30. The number of rotatable bonds is 4. The van der Waals surface area contributed by atoms with Crippen molar-refractivity contribution in [3.8, 4) is 11.8 Å². The van der Waals surface area contributed by atoms with Crippen molar-refractivity contribution in [2.24, 2.45) is 5.92 Å². The quantitative estimate of drug-likeness (QED) is 0.791. The van der Waals surface area contributed by atoms with Crippen molar-refractivity contribution in [3.05, 3.63) is 28.8 Å². The summed E-state index contributed by atoms with van der Waals surface area (Å²) in [5.41, 5.74) is 3.38. The lowest BCUT2D eigenvalue weighted by molar-refractivity contribution is 0.179. The van der Waals surface area contributed by atoms with Crippen LogP contribution in [0.3, 0.4) is 0 Å². The maximum absolute atomic E-state index is 8.86. The Hall–Kier alpha value is -1.49. The van der Waals surface area contributed by atoms with E-state index in [4.69, 9.17) is 10.00 Å². The van der Waals surface area contributed by atoms with E-state index < -0.39 is 0 Å². The number of hydrogen-bond acceptors (Lipinski definition) is 2. The Morgan fingerprint density at radius 3 is 2.71 bits per heavy atom. The van der Waals surface area contributed by atoms with Gasteiger partial charge < -0.3 is 4.74 Å². The van der Waals surface area contributed by atoms with E-state index in [1.807, 2.05) is 0 Å². The largest absolute Gasteiger partial charge is 0.493 e. The molecule has 0 heterocycles. The van der Waals surface area contributed by atoms with Gasteiger partial charge in [0, 0.05) is 5.56 Å². The van der Waals surface area contributed by atoms with Gasteiger partial charge in [-0.25, -0.2) is 0 Å². The van der Waals surface area contributed by atoms with E-state index in [2.05, 4.69) is 32.0 Å². The molecule has 0 spiro atoms. The summed E-state index contributed by atoms with van der Waals surface area (Å²) < 4.78 is 5.93. The monoisotopic (exact) mass is 229 g/mol. The van der Waals surface area contributed by atoms with Gasteiger partial charge in [-0.3, -0.25) is 0 Å². The minimum atomic E-state index is 0.433. The van der Waals surface area contributed by atoms with Crippen LogP contribution in [0, 0.1) is 31.1 Å². The summed E-state index contributed by atoms with van der Waals surface area (Å²) in [7, 11) is 0. The topological polar surface area (TPSA) is 33.0 Å². The fourth-order valence-electron chi connectivity index (χ4n) is 2.33. The molecule has 1 saturated carbocycles. The van der Waals surface area contributed by atoms with E-state index in [0.29, 0.717) is 6.42 Å². The zero-order valence-electron chi connectivity index (χ0n) is 10.6. The summed E-state index contributed by atoms with van der Waals surface area (Å²) in [5, 5.41) is 8.86. The van der Waals surface area contributed by atoms with Crippen LogP contribution < -0.4 is 4.74 Å². The first kappa shape index (κ1) is 12.0. The zero-order valence-corrected chi connectivity index (χ0v) is 10.6. The first-order valence-corrected chi connectivity index (χ1v) is 6.30. The number of benzene rings is 1. The van der Waals surface area contributed by atoms with E-state index in [0.717, 1.165) is 29.4 Å². The average molecular weight is 229 g/mol. The highest BCUT2D eigenvalue weighted by Gasteiger charge is 2.19. The van der Waals surface area contributed by atoms with Gasteiger partial charge in [0.05, 0.1) is 19.1 Å². The molecule has 0 bridgehead atoms. The van der Waals surface area contributed by atoms with E-state index in [1.54, 1.807) is 0 Å². The third kappa shape index (κ3) is 2.79. The first-order chi connectivity index (χ1) is 8.20. The minimum Gasteiger partial charge on any atom is -0.493 e. The molecule has 17 heavy (non-hydrogen) atoms. The van der Waals surface area contributed by atoms with Crippen molar-refractivity contribution >= 4 is 0 Å². The summed E-state index contributed by atoms with van der Waals surface area (Å²) in [6.45, 7) is 4.93. The summed E-state index contributed by atoms with van der Waals surface area (Å²) in [4.78, 5) is 0. The van der Waals surface area contributed by atoms with Gasteiger partial charge in [-0.1, -0.05) is 24.1 Å². The van der Waals surface area contributed by atoms with E-state index in [1.165, 1.54) is 24.8 Å². The Morgan fingerprint density at radius 1 is 1.35 bits per heavy atom. The molecule has 0 aliphatic heterocycles. The summed E-state index contributed by atoms with van der Waals surface area (Å²) in [6, 6.07) is 6.40. The fraction of sp³-hybridized carbons (Fsp3) is 0.533. The SMILES string of the molecule is Cc1cc(C)c(OCC2CCC2)c(CC#N)c1. The Morgan fingerprint density at radius 2 is 2.12 bits per heavy atom. The molecule has 1 fully saturated rings. The van der Waals surface area contributed by atoms with Crippen LogP contribution in [0.25, 0.3) is 0 Å². The van der Waals surface area contributed by atoms with Crippen LogP contribution in [-0.2, 0) is 6.42 Å². The highest BCUT2D eigenvalue weighted by molar-refractivity contribution is 5.45. The second-order valence-electron chi connectivity index (χ2n) is 5.01. The molecular formula is C15H19NO. The fourth-order valence-corrected chi connectivity index (χ4v) is 2.33. The van der Waals surface area contributed by atoms with Gasteiger partial charge in [0.15, 0.2) is 0 Å². The lowest BCUT2D eigenvalue weighted by Crippen LogP contribution is -2.20. The Balaban J connectivity index is 2.14. The molecule has 0 saturated heterocycles. The van der Waals surface area contributed by atoms with Gasteiger partial charge in [0.1, 0.15) is 5.75 Å². The van der Waals surface area contributed by atoms with Crippen molar-refractivity contribution in [2.45, 2.75) is 39.5 Å². The zero-order chi connectivity index (χ0) is 12.3. The van der Waals surface area contributed by atoms with Crippen LogP contribution in [0.2, 0.25) is 0 Å². The molecule has 2 nitrogen and oxygen atoms in total. The molecule has 0 N–H and O–H groups in total. The third-order valence-electron chi connectivity index (χ3n) is 3.45. The van der Waals surface area contributed by atoms with Crippen molar-refractivity contribution in [3.63, 3.8) is 0 Å². The number of nitriles is 1. The van der Waals surface area contributed by atoms with Gasteiger partial charge in [-0.2, -0.15) is 5.26 Å². The molecule has 1 aliphatic rings. The van der Waals surface area contributed by atoms with Crippen LogP contribution in [-0.4, -0.2) is 6.61 Å². The van der Waals surface area contributed by atoms with E-state index in [9.17, 15) is 0 Å². The molecule has 0 radical (unpaired) electrons. The van der Waals surface area contributed by atoms with Gasteiger partial charge in [0.25, 0.3) is 0 Å². The Labute approximate surface area is 103 Å². The highest BCUT2D eigenvalue weighted by atomic mass is 16.5. The van der Waals surface area contributed by atoms with Crippen molar-refractivity contribution in [1.82, 2.24) is 0 Å². The van der Waals surface area contributed by atoms with Crippen molar-refractivity contribution in [2.75, 3.05) is 6.61 Å². The van der Waals surface area contributed by atoms with Crippen LogP contribution in [0.1, 0.15) is 36.0 Å². The van der Waals surface area contributed by atoms with Crippen molar-refractivity contribution in [1.29, 1.82) is 5.26 Å². The average Bonchev–Trinajstić information content (AvgIpc) is 2.19. The van der Waals surface area contributed by atoms with Gasteiger partial charge >= 0.3 is 0 Å². The van der Waals surface area contributed by atoms with Crippen LogP contribution in [0.5, 0.6) is 5.75 Å². The summed E-state index contributed by atoms with van der Waals surface area (Å²) in [5.74, 6) is 1.66. The molecule has 2 heteroatoms. The van der Waals surface area contributed by atoms with Crippen LogP contribution >= 0.6 is 0 Å². The van der Waals surface area contributed by atoms with Gasteiger partial charge in [-0.05, 0) is 38.2 Å². The van der Waals surface area contributed by atoms with Crippen LogP contribution in [0.4, 0.5) is 0 Å². The molecule has 90 valence electrons.